The van der Waals surface area contributed by atoms with Crippen molar-refractivity contribution in [1.29, 1.82) is 0 Å². The van der Waals surface area contributed by atoms with Gasteiger partial charge in [-0.15, -0.1) is 0 Å². The Morgan fingerprint density at radius 1 is 0.333 bits per heavy atom. The van der Waals surface area contributed by atoms with Gasteiger partial charge in [0.2, 0.25) is 0 Å². The fourth-order valence-corrected chi connectivity index (χ4v) is 8.42. The van der Waals surface area contributed by atoms with E-state index in [4.69, 9.17) is 23.8 Å². The molecule has 0 amide bonds. The summed E-state index contributed by atoms with van der Waals surface area (Å²) in [7, 11) is 0. The van der Waals surface area contributed by atoms with Crippen LogP contribution in [0.4, 0.5) is 0 Å². The Bertz CT molecular complexity index is 3410. The molecule has 0 saturated heterocycles. The lowest BCUT2D eigenvalue weighted by Gasteiger charge is -2.09. The SMILES string of the molecule is c1ccc(-c2nc(-c3ccccc3)nc(-c3ccc4oc5cccc(-c6ccc7oc8ccc(-n9c%10ccccc%10c%10ccccc%109)cc8c7c6)c5c4c3)n2)cc1. The third kappa shape index (κ3) is 5.01. The zero-order valence-corrected chi connectivity index (χ0v) is 30.4. The van der Waals surface area contributed by atoms with Crippen molar-refractivity contribution in [3.05, 3.63) is 182 Å². The molecule has 6 nitrogen and oxygen atoms in total. The first-order chi connectivity index (χ1) is 28.2. The number of hydrogen-bond acceptors (Lipinski definition) is 5. The maximum absolute atomic E-state index is 6.49. The molecule has 0 atom stereocenters. The molecule has 266 valence electrons. The molecule has 0 N–H and O–H groups in total. The minimum Gasteiger partial charge on any atom is -0.456 e. The van der Waals surface area contributed by atoms with E-state index in [9.17, 15) is 0 Å². The van der Waals surface area contributed by atoms with Crippen molar-refractivity contribution >= 4 is 65.7 Å². The molecular weight excluding hydrogens is 701 g/mol. The van der Waals surface area contributed by atoms with Gasteiger partial charge in [-0.25, -0.2) is 15.0 Å². The molecule has 0 radical (unpaired) electrons. The van der Waals surface area contributed by atoms with E-state index >= 15 is 0 Å². The summed E-state index contributed by atoms with van der Waals surface area (Å²) in [6.45, 7) is 0. The zero-order valence-electron chi connectivity index (χ0n) is 30.4. The fraction of sp³-hybridized carbons (Fsp3) is 0. The average molecular weight is 731 g/mol. The predicted molar refractivity (Wildman–Crippen MR) is 230 cm³/mol. The molecule has 4 aromatic heterocycles. The van der Waals surface area contributed by atoms with Crippen LogP contribution in [0.2, 0.25) is 0 Å². The molecule has 0 bridgehead atoms. The molecule has 0 saturated carbocycles. The van der Waals surface area contributed by atoms with Crippen LogP contribution in [0.1, 0.15) is 0 Å². The van der Waals surface area contributed by atoms with Gasteiger partial charge in [-0.3, -0.25) is 0 Å². The first-order valence-corrected chi connectivity index (χ1v) is 19.0. The van der Waals surface area contributed by atoms with Crippen molar-refractivity contribution in [2.45, 2.75) is 0 Å². The highest BCUT2D eigenvalue weighted by molar-refractivity contribution is 6.15. The van der Waals surface area contributed by atoms with E-state index < -0.39 is 0 Å². The molecule has 0 aliphatic heterocycles. The van der Waals surface area contributed by atoms with Gasteiger partial charge in [-0.2, -0.15) is 0 Å². The van der Waals surface area contributed by atoms with Crippen molar-refractivity contribution in [3.8, 4) is 51.0 Å². The number of rotatable bonds is 5. The molecule has 12 rings (SSSR count). The lowest BCUT2D eigenvalue weighted by Crippen LogP contribution is -2.00. The van der Waals surface area contributed by atoms with Crippen LogP contribution >= 0.6 is 0 Å². The molecule has 57 heavy (non-hydrogen) atoms. The van der Waals surface area contributed by atoms with E-state index in [1.165, 1.54) is 21.8 Å². The van der Waals surface area contributed by atoms with Gasteiger partial charge in [0.25, 0.3) is 0 Å². The standard InChI is InChI=1S/C51H30N4O2/c1-3-12-31(13-4-1)49-52-50(32-14-5-2-6-15-32)54-51(53-49)34-23-26-46-41(29-34)48-36(18-11-21-47(48)57-46)33-22-25-44-39(28-33)40-30-35(24-27-45(40)56-44)55-42-19-9-7-16-37(42)38-17-8-10-20-43(38)55/h1-30H. The first kappa shape index (κ1) is 31.5. The second-order valence-corrected chi connectivity index (χ2v) is 14.4. The van der Waals surface area contributed by atoms with E-state index in [-0.39, 0.29) is 0 Å². The molecule has 0 aliphatic rings. The van der Waals surface area contributed by atoms with Crippen LogP contribution in [-0.4, -0.2) is 19.5 Å². The number of para-hydroxylation sites is 2. The molecule has 0 aliphatic carbocycles. The highest BCUT2D eigenvalue weighted by Gasteiger charge is 2.19. The fourth-order valence-electron chi connectivity index (χ4n) is 8.42. The second kappa shape index (κ2) is 12.3. The van der Waals surface area contributed by atoms with Gasteiger partial charge >= 0.3 is 0 Å². The summed E-state index contributed by atoms with van der Waals surface area (Å²) in [5.41, 5.74) is 11.6. The minimum atomic E-state index is 0.599. The molecule has 0 spiro atoms. The molecular formula is C51H30N4O2. The predicted octanol–water partition coefficient (Wildman–Crippen LogP) is 13.4. The Morgan fingerprint density at radius 3 is 1.51 bits per heavy atom. The summed E-state index contributed by atoms with van der Waals surface area (Å²) in [4.78, 5) is 14.9. The Balaban J connectivity index is 1.02. The van der Waals surface area contributed by atoms with Crippen LogP contribution in [0.25, 0.3) is 117 Å². The van der Waals surface area contributed by atoms with Gasteiger partial charge < -0.3 is 13.4 Å². The molecule has 6 heteroatoms. The van der Waals surface area contributed by atoms with Crippen molar-refractivity contribution in [2.24, 2.45) is 0 Å². The summed E-state index contributed by atoms with van der Waals surface area (Å²) in [5, 5.41) is 6.62. The summed E-state index contributed by atoms with van der Waals surface area (Å²) in [6, 6.07) is 62.7. The van der Waals surface area contributed by atoms with Crippen molar-refractivity contribution in [3.63, 3.8) is 0 Å². The average Bonchev–Trinajstić information content (AvgIpc) is 3.95. The normalized spacial score (nSPS) is 11.9. The number of fused-ring (bicyclic) bond motifs is 9. The number of hydrogen-bond donors (Lipinski definition) is 0. The van der Waals surface area contributed by atoms with E-state index in [0.29, 0.717) is 17.5 Å². The van der Waals surface area contributed by atoms with Gasteiger partial charge in [0.15, 0.2) is 17.5 Å². The van der Waals surface area contributed by atoms with E-state index in [1.807, 2.05) is 78.9 Å². The zero-order chi connectivity index (χ0) is 37.5. The van der Waals surface area contributed by atoms with E-state index in [0.717, 1.165) is 77.4 Å². The van der Waals surface area contributed by atoms with Crippen molar-refractivity contribution in [1.82, 2.24) is 19.5 Å². The van der Waals surface area contributed by atoms with Crippen LogP contribution in [0.15, 0.2) is 191 Å². The first-order valence-electron chi connectivity index (χ1n) is 19.0. The Labute approximate surface area is 325 Å². The molecule has 0 unspecified atom stereocenters. The minimum absolute atomic E-state index is 0.599. The lowest BCUT2D eigenvalue weighted by molar-refractivity contribution is 0.669. The molecule has 12 aromatic rings. The van der Waals surface area contributed by atoms with E-state index in [1.54, 1.807) is 0 Å². The summed E-state index contributed by atoms with van der Waals surface area (Å²) in [5.74, 6) is 1.85. The van der Waals surface area contributed by atoms with Crippen LogP contribution in [-0.2, 0) is 0 Å². The highest BCUT2D eigenvalue weighted by Crippen LogP contribution is 2.41. The maximum atomic E-state index is 6.49. The monoisotopic (exact) mass is 730 g/mol. The van der Waals surface area contributed by atoms with Gasteiger partial charge in [0, 0.05) is 54.7 Å². The van der Waals surface area contributed by atoms with Gasteiger partial charge in [-0.05, 0) is 77.9 Å². The van der Waals surface area contributed by atoms with Gasteiger partial charge in [-0.1, -0.05) is 115 Å². The quantitative estimate of drug-likeness (QED) is 0.176. The Morgan fingerprint density at radius 2 is 0.842 bits per heavy atom. The Hall–Kier alpha value is -7.83. The smallest absolute Gasteiger partial charge is 0.164 e. The molecule has 4 heterocycles. The molecule has 0 fully saturated rings. The van der Waals surface area contributed by atoms with E-state index in [2.05, 4.69) is 108 Å². The number of nitrogens with zero attached hydrogens (tertiary/aromatic N) is 4. The lowest BCUT2D eigenvalue weighted by atomic mass is 9.97. The summed E-state index contributed by atoms with van der Waals surface area (Å²) in [6.07, 6.45) is 0. The van der Waals surface area contributed by atoms with Crippen LogP contribution in [0.3, 0.4) is 0 Å². The summed E-state index contributed by atoms with van der Waals surface area (Å²) >= 11 is 0. The maximum Gasteiger partial charge on any atom is 0.164 e. The van der Waals surface area contributed by atoms with Crippen LogP contribution in [0, 0.1) is 0 Å². The number of furan rings is 2. The Kier molecular flexibility index (Phi) is 6.83. The molecule has 8 aromatic carbocycles. The topological polar surface area (TPSA) is 69.9 Å². The largest absolute Gasteiger partial charge is 0.456 e. The highest BCUT2D eigenvalue weighted by atomic mass is 16.3. The van der Waals surface area contributed by atoms with Crippen molar-refractivity contribution < 1.29 is 8.83 Å². The third-order valence-corrected chi connectivity index (χ3v) is 11.1. The van der Waals surface area contributed by atoms with Gasteiger partial charge in [0.05, 0.1) is 11.0 Å². The third-order valence-electron chi connectivity index (χ3n) is 11.1. The second-order valence-electron chi connectivity index (χ2n) is 14.4. The number of aromatic nitrogens is 4. The summed E-state index contributed by atoms with van der Waals surface area (Å²) < 4.78 is 15.3. The van der Waals surface area contributed by atoms with Crippen molar-refractivity contribution in [2.75, 3.05) is 0 Å². The van der Waals surface area contributed by atoms with Gasteiger partial charge in [0.1, 0.15) is 22.3 Å². The number of benzene rings is 8. The van der Waals surface area contributed by atoms with Crippen LogP contribution in [0.5, 0.6) is 0 Å². The van der Waals surface area contributed by atoms with Crippen LogP contribution < -0.4 is 0 Å².